The molecule has 0 radical (unpaired) electrons. The maximum atomic E-state index is 12.9. The Morgan fingerprint density at radius 2 is 1.67 bits per heavy atom. The van der Waals surface area contributed by atoms with E-state index in [1.165, 1.54) is 10.6 Å². The number of amides is 2. The van der Waals surface area contributed by atoms with Crippen molar-refractivity contribution >= 4 is 34.2 Å². The van der Waals surface area contributed by atoms with Gasteiger partial charge in [0.05, 0.1) is 11.0 Å². The summed E-state index contributed by atoms with van der Waals surface area (Å²) >= 11 is 0. The number of nitrogens with zero attached hydrogens (tertiary/aromatic N) is 1. The molecule has 4 rings (SSSR count). The van der Waals surface area contributed by atoms with Gasteiger partial charge in [-0.1, -0.05) is 24.3 Å². The molecule has 0 aliphatic carbocycles. The lowest BCUT2D eigenvalue weighted by molar-refractivity contribution is 0.101. The number of benzene rings is 3. The second-order valence-electron chi connectivity index (χ2n) is 7.49. The molecule has 3 aromatic carbocycles. The van der Waals surface area contributed by atoms with E-state index in [9.17, 15) is 19.2 Å². The van der Waals surface area contributed by atoms with E-state index in [1.54, 1.807) is 56.3 Å². The quantitative estimate of drug-likeness (QED) is 0.411. The lowest BCUT2D eigenvalue weighted by Crippen LogP contribution is -2.36. The van der Waals surface area contributed by atoms with E-state index in [2.05, 4.69) is 15.6 Å². The molecule has 8 nitrogen and oxygen atoms in total. The number of hydrogen-bond donors (Lipinski definition) is 3. The molecule has 0 saturated heterocycles. The highest BCUT2D eigenvalue weighted by Gasteiger charge is 2.15. The molecular formula is C25H22N4O4. The van der Waals surface area contributed by atoms with Crippen molar-refractivity contribution in [3.05, 3.63) is 104 Å². The van der Waals surface area contributed by atoms with Crippen molar-refractivity contribution in [1.29, 1.82) is 0 Å². The summed E-state index contributed by atoms with van der Waals surface area (Å²) in [6.07, 6.45) is 0. The summed E-state index contributed by atoms with van der Waals surface area (Å²) in [6, 6.07) is 18.9. The zero-order chi connectivity index (χ0) is 23.5. The van der Waals surface area contributed by atoms with Gasteiger partial charge in [-0.2, -0.15) is 0 Å². The molecule has 0 aliphatic heterocycles. The van der Waals surface area contributed by atoms with Crippen LogP contribution >= 0.6 is 0 Å². The van der Waals surface area contributed by atoms with E-state index in [0.29, 0.717) is 45.6 Å². The Morgan fingerprint density at radius 3 is 2.39 bits per heavy atom. The van der Waals surface area contributed by atoms with Gasteiger partial charge in [0.1, 0.15) is 0 Å². The third-order valence-corrected chi connectivity index (χ3v) is 5.41. The van der Waals surface area contributed by atoms with Crippen molar-refractivity contribution in [2.75, 3.05) is 10.6 Å². The molecule has 0 atom stereocenters. The van der Waals surface area contributed by atoms with Crippen LogP contribution in [0.1, 0.15) is 33.2 Å². The van der Waals surface area contributed by atoms with Gasteiger partial charge in [-0.05, 0) is 61.9 Å². The minimum absolute atomic E-state index is 0.282. The van der Waals surface area contributed by atoms with Gasteiger partial charge in [-0.3, -0.25) is 19.2 Å². The van der Waals surface area contributed by atoms with Crippen LogP contribution in [-0.4, -0.2) is 21.4 Å². The van der Waals surface area contributed by atoms with Crippen molar-refractivity contribution in [2.24, 2.45) is 0 Å². The predicted molar refractivity (Wildman–Crippen MR) is 128 cm³/mol. The topological polar surface area (TPSA) is 113 Å². The van der Waals surface area contributed by atoms with E-state index in [1.807, 2.05) is 18.2 Å². The molecule has 4 aromatic rings. The van der Waals surface area contributed by atoms with Gasteiger partial charge in [0, 0.05) is 29.0 Å². The molecule has 0 aliphatic rings. The number of carbonyl (C=O) groups is 2. The predicted octanol–water partition coefficient (Wildman–Crippen LogP) is 3.52. The number of H-pyrrole nitrogens is 1. The van der Waals surface area contributed by atoms with Gasteiger partial charge in [0.25, 0.3) is 11.8 Å². The Hall–Kier alpha value is -4.46. The SMILES string of the molecule is CCn1c(=O)c(=O)[nH]c2cc(C(=O)Nc3cccc(C(=O)Nc4ccccc4)c3C)ccc21. The van der Waals surface area contributed by atoms with Crippen LogP contribution in [0.2, 0.25) is 0 Å². The fourth-order valence-corrected chi connectivity index (χ4v) is 3.67. The summed E-state index contributed by atoms with van der Waals surface area (Å²) in [4.78, 5) is 52.1. The normalized spacial score (nSPS) is 10.7. The summed E-state index contributed by atoms with van der Waals surface area (Å²) in [5.74, 6) is -0.689. The van der Waals surface area contributed by atoms with Crippen LogP contribution in [-0.2, 0) is 6.54 Å². The third-order valence-electron chi connectivity index (χ3n) is 5.41. The average molecular weight is 442 g/mol. The molecule has 2 amide bonds. The maximum absolute atomic E-state index is 12.9. The van der Waals surface area contributed by atoms with Crippen LogP contribution in [0.3, 0.4) is 0 Å². The largest absolute Gasteiger partial charge is 0.322 e. The van der Waals surface area contributed by atoms with Crippen molar-refractivity contribution in [2.45, 2.75) is 20.4 Å². The fourth-order valence-electron chi connectivity index (χ4n) is 3.67. The van der Waals surface area contributed by atoms with E-state index in [4.69, 9.17) is 0 Å². The van der Waals surface area contributed by atoms with Crippen LogP contribution in [0.25, 0.3) is 11.0 Å². The highest BCUT2D eigenvalue weighted by molar-refractivity contribution is 6.09. The Bertz CT molecular complexity index is 1490. The second kappa shape index (κ2) is 8.96. The molecular weight excluding hydrogens is 420 g/mol. The number of anilines is 2. The number of para-hydroxylation sites is 1. The van der Waals surface area contributed by atoms with E-state index < -0.39 is 17.0 Å². The first kappa shape index (κ1) is 21.8. The second-order valence-corrected chi connectivity index (χ2v) is 7.49. The summed E-state index contributed by atoms with van der Waals surface area (Å²) in [6.45, 7) is 3.86. The average Bonchev–Trinajstić information content (AvgIpc) is 2.81. The minimum Gasteiger partial charge on any atom is -0.322 e. The molecule has 33 heavy (non-hydrogen) atoms. The highest BCUT2D eigenvalue weighted by Crippen LogP contribution is 2.22. The third kappa shape index (κ3) is 4.31. The van der Waals surface area contributed by atoms with Gasteiger partial charge in [0.2, 0.25) is 0 Å². The number of aromatic amines is 1. The maximum Gasteiger partial charge on any atom is 0.316 e. The van der Waals surface area contributed by atoms with Crippen LogP contribution in [0.4, 0.5) is 11.4 Å². The number of rotatable bonds is 5. The number of nitrogens with one attached hydrogen (secondary N) is 3. The summed E-state index contributed by atoms with van der Waals surface area (Å²) in [5.41, 5.74) is 2.08. The number of carbonyl (C=O) groups excluding carboxylic acids is 2. The van der Waals surface area contributed by atoms with Crippen molar-refractivity contribution in [3.8, 4) is 0 Å². The molecule has 3 N–H and O–H groups in total. The summed E-state index contributed by atoms with van der Waals surface area (Å²) < 4.78 is 1.36. The van der Waals surface area contributed by atoms with Crippen LogP contribution < -0.4 is 21.8 Å². The molecule has 0 unspecified atom stereocenters. The zero-order valence-electron chi connectivity index (χ0n) is 18.1. The summed E-state index contributed by atoms with van der Waals surface area (Å²) in [5, 5.41) is 5.66. The zero-order valence-corrected chi connectivity index (χ0v) is 18.1. The van der Waals surface area contributed by atoms with Gasteiger partial charge < -0.3 is 20.2 Å². The molecule has 166 valence electrons. The molecule has 8 heteroatoms. The number of fused-ring (bicyclic) bond motifs is 1. The van der Waals surface area contributed by atoms with Crippen LogP contribution in [0, 0.1) is 6.92 Å². The minimum atomic E-state index is -0.741. The number of aromatic nitrogens is 2. The Morgan fingerprint density at radius 1 is 0.909 bits per heavy atom. The molecule has 1 aromatic heterocycles. The first-order valence-electron chi connectivity index (χ1n) is 10.4. The highest BCUT2D eigenvalue weighted by atomic mass is 16.2. The Balaban J connectivity index is 1.61. The smallest absolute Gasteiger partial charge is 0.316 e. The molecule has 1 heterocycles. The van der Waals surface area contributed by atoms with Crippen LogP contribution in [0.15, 0.2) is 76.3 Å². The van der Waals surface area contributed by atoms with Crippen molar-refractivity contribution in [3.63, 3.8) is 0 Å². The summed E-state index contributed by atoms with van der Waals surface area (Å²) in [7, 11) is 0. The van der Waals surface area contributed by atoms with Crippen molar-refractivity contribution in [1.82, 2.24) is 9.55 Å². The number of aryl methyl sites for hydroxylation is 1. The van der Waals surface area contributed by atoms with E-state index in [-0.39, 0.29) is 5.91 Å². The van der Waals surface area contributed by atoms with Gasteiger partial charge in [0.15, 0.2) is 0 Å². The molecule has 0 saturated carbocycles. The lowest BCUT2D eigenvalue weighted by Gasteiger charge is -2.13. The fraction of sp³-hybridized carbons (Fsp3) is 0.120. The number of hydrogen-bond acceptors (Lipinski definition) is 4. The van der Waals surface area contributed by atoms with Gasteiger partial charge in [-0.25, -0.2) is 0 Å². The molecule has 0 fully saturated rings. The monoisotopic (exact) mass is 442 g/mol. The first-order chi connectivity index (χ1) is 15.9. The Kier molecular flexibility index (Phi) is 5.91. The van der Waals surface area contributed by atoms with E-state index >= 15 is 0 Å². The van der Waals surface area contributed by atoms with Gasteiger partial charge in [-0.15, -0.1) is 0 Å². The first-order valence-corrected chi connectivity index (χ1v) is 10.4. The Labute approximate surface area is 188 Å². The molecule has 0 bridgehead atoms. The van der Waals surface area contributed by atoms with E-state index in [0.717, 1.165) is 0 Å². The van der Waals surface area contributed by atoms with Gasteiger partial charge >= 0.3 is 11.1 Å². The molecule has 0 spiro atoms. The van der Waals surface area contributed by atoms with Crippen LogP contribution in [0.5, 0.6) is 0 Å². The standard InChI is InChI=1S/C25H22N4O4/c1-3-29-21-13-12-16(14-20(21)28-24(32)25(29)33)22(30)27-19-11-7-10-18(15(19)2)23(31)26-17-8-5-4-6-9-17/h4-14H,3H2,1-2H3,(H,26,31)(H,27,30)(H,28,32). The van der Waals surface area contributed by atoms with Crippen molar-refractivity contribution < 1.29 is 9.59 Å². The lowest BCUT2D eigenvalue weighted by atomic mass is 10.1.